The number of nitrogens with one attached hydrogen (secondary N) is 1. The lowest BCUT2D eigenvalue weighted by molar-refractivity contribution is -0.126. The van der Waals surface area contributed by atoms with Crippen molar-refractivity contribution in [2.45, 2.75) is 6.42 Å². The molecule has 30 heavy (non-hydrogen) atoms. The van der Waals surface area contributed by atoms with E-state index in [2.05, 4.69) is 17.2 Å². The zero-order valence-corrected chi connectivity index (χ0v) is 16.3. The van der Waals surface area contributed by atoms with Crippen LogP contribution >= 0.6 is 0 Å². The largest absolute Gasteiger partial charge is 0.497 e. The summed E-state index contributed by atoms with van der Waals surface area (Å²) in [6, 6.07) is 10.0. The van der Waals surface area contributed by atoms with Crippen LogP contribution in [0, 0.1) is 29.4 Å². The van der Waals surface area contributed by atoms with E-state index in [0.29, 0.717) is 11.4 Å². The topological polar surface area (TPSA) is 67.9 Å². The van der Waals surface area contributed by atoms with E-state index in [1.165, 1.54) is 6.07 Å². The van der Waals surface area contributed by atoms with Crippen LogP contribution in [0.4, 0.5) is 14.5 Å². The minimum absolute atomic E-state index is 0.0708. The highest BCUT2D eigenvalue weighted by atomic mass is 19.1. The lowest BCUT2D eigenvalue weighted by atomic mass is 10.1. The predicted octanol–water partition coefficient (Wildman–Crippen LogP) is 2.52. The van der Waals surface area contributed by atoms with E-state index in [9.17, 15) is 18.4 Å². The van der Waals surface area contributed by atoms with Crippen molar-refractivity contribution in [3.05, 3.63) is 54.1 Å². The Morgan fingerprint density at radius 2 is 1.97 bits per heavy atom. The fraction of sp³-hybridized carbons (Fsp3) is 0.273. The number of carbonyl (C=O) groups is 2. The number of halogens is 2. The molecule has 1 heterocycles. The summed E-state index contributed by atoms with van der Waals surface area (Å²) in [6.45, 7) is 0.254. The van der Waals surface area contributed by atoms with Gasteiger partial charge in [-0.2, -0.15) is 0 Å². The first kappa shape index (κ1) is 21.1. The minimum atomic E-state index is -0.808. The average Bonchev–Trinajstić information content (AvgIpc) is 3.13. The maximum absolute atomic E-state index is 13.4. The highest BCUT2D eigenvalue weighted by molar-refractivity contribution is 6.00. The van der Waals surface area contributed by atoms with Gasteiger partial charge in [-0.15, -0.1) is 0 Å². The fourth-order valence-electron chi connectivity index (χ4n) is 2.99. The van der Waals surface area contributed by atoms with Crippen molar-refractivity contribution in [2.75, 3.05) is 31.7 Å². The first-order valence-corrected chi connectivity index (χ1v) is 9.23. The number of hydrogen-bond acceptors (Lipinski definition) is 4. The molecule has 8 heteroatoms. The van der Waals surface area contributed by atoms with Gasteiger partial charge in [-0.3, -0.25) is 9.59 Å². The van der Waals surface area contributed by atoms with E-state index in [1.54, 1.807) is 36.3 Å². The predicted molar refractivity (Wildman–Crippen MR) is 106 cm³/mol. The first-order chi connectivity index (χ1) is 14.5. The molecular weight excluding hydrogens is 394 g/mol. The van der Waals surface area contributed by atoms with E-state index in [4.69, 9.17) is 9.47 Å². The van der Waals surface area contributed by atoms with Gasteiger partial charge in [0.25, 0.3) is 0 Å². The standard InChI is InChI=1S/C22H20F2N2O4/c1-29-18-7-5-17(6-8-18)26-14-15(12-21(26)27)22(28)25-10-2-3-11-30-20-9-4-16(23)13-19(20)24/h4-9,13,15H,10-12,14H2,1H3,(H,25,28). The van der Waals surface area contributed by atoms with E-state index >= 15 is 0 Å². The number of amides is 2. The van der Waals surface area contributed by atoms with Crippen molar-refractivity contribution in [3.63, 3.8) is 0 Å². The van der Waals surface area contributed by atoms with Gasteiger partial charge in [0.15, 0.2) is 11.6 Å². The molecular formula is C22H20F2N2O4. The molecule has 6 nitrogen and oxygen atoms in total. The molecule has 1 aliphatic rings. The second-order valence-electron chi connectivity index (χ2n) is 6.54. The number of benzene rings is 2. The van der Waals surface area contributed by atoms with E-state index < -0.39 is 17.6 Å². The van der Waals surface area contributed by atoms with Gasteiger partial charge in [-0.1, -0.05) is 11.8 Å². The molecule has 0 spiro atoms. The van der Waals surface area contributed by atoms with Gasteiger partial charge in [0, 0.05) is 24.7 Å². The number of rotatable bonds is 6. The second kappa shape index (κ2) is 9.74. The van der Waals surface area contributed by atoms with Crippen molar-refractivity contribution in [2.24, 2.45) is 5.92 Å². The van der Waals surface area contributed by atoms with Gasteiger partial charge >= 0.3 is 0 Å². The Morgan fingerprint density at radius 3 is 2.67 bits per heavy atom. The molecule has 0 saturated carbocycles. The number of anilines is 1. The number of ether oxygens (including phenoxy) is 2. The van der Waals surface area contributed by atoms with Crippen LogP contribution in [-0.2, 0) is 9.59 Å². The molecule has 0 aliphatic carbocycles. The zero-order valence-electron chi connectivity index (χ0n) is 16.3. The maximum atomic E-state index is 13.4. The van der Waals surface area contributed by atoms with Gasteiger partial charge in [0.05, 0.1) is 19.6 Å². The van der Waals surface area contributed by atoms with Crippen LogP contribution in [0.15, 0.2) is 42.5 Å². The van der Waals surface area contributed by atoms with E-state index in [0.717, 1.165) is 12.1 Å². The summed E-state index contributed by atoms with van der Waals surface area (Å²) < 4.78 is 36.5. The lowest BCUT2D eigenvalue weighted by Crippen LogP contribution is -2.33. The van der Waals surface area contributed by atoms with Crippen molar-refractivity contribution in [3.8, 4) is 23.3 Å². The Kier molecular flexibility index (Phi) is 6.86. The molecule has 3 rings (SSSR count). The smallest absolute Gasteiger partial charge is 0.227 e. The third-order valence-corrected chi connectivity index (χ3v) is 4.55. The van der Waals surface area contributed by atoms with Crippen LogP contribution in [0.2, 0.25) is 0 Å². The molecule has 1 unspecified atom stereocenters. The summed E-state index contributed by atoms with van der Waals surface area (Å²) in [7, 11) is 1.56. The number of methoxy groups -OCH3 is 1. The fourth-order valence-corrected chi connectivity index (χ4v) is 2.99. The molecule has 2 amide bonds. The SMILES string of the molecule is COc1ccc(N2CC(C(=O)NCC#CCOc3ccc(F)cc3F)CC2=O)cc1. The molecule has 2 aromatic rings. The van der Waals surface area contributed by atoms with Crippen LogP contribution in [0.3, 0.4) is 0 Å². The third-order valence-electron chi connectivity index (χ3n) is 4.55. The van der Waals surface area contributed by atoms with Gasteiger partial charge < -0.3 is 19.7 Å². The van der Waals surface area contributed by atoms with Gasteiger partial charge in [-0.25, -0.2) is 8.78 Å². The summed E-state index contributed by atoms with van der Waals surface area (Å²) in [5.74, 6) is 3.56. The monoisotopic (exact) mass is 414 g/mol. The number of hydrogen-bond donors (Lipinski definition) is 1. The molecule has 2 aromatic carbocycles. The van der Waals surface area contributed by atoms with Crippen molar-refractivity contribution >= 4 is 17.5 Å². The third kappa shape index (κ3) is 5.26. The summed E-state index contributed by atoms with van der Waals surface area (Å²) in [5, 5.41) is 2.66. The Hall–Kier alpha value is -3.60. The van der Waals surface area contributed by atoms with Crippen LogP contribution in [0.1, 0.15) is 6.42 Å². The quantitative estimate of drug-likeness (QED) is 0.738. The van der Waals surface area contributed by atoms with E-state index in [-0.39, 0.29) is 43.7 Å². The summed E-state index contributed by atoms with van der Waals surface area (Å²) in [4.78, 5) is 26.1. The normalized spacial score (nSPS) is 15.4. The molecule has 0 aromatic heterocycles. The summed E-state index contributed by atoms with van der Waals surface area (Å²) >= 11 is 0. The van der Waals surface area contributed by atoms with Crippen LogP contribution in [-0.4, -0.2) is 38.6 Å². The Bertz CT molecular complexity index is 983. The molecule has 1 aliphatic heterocycles. The molecule has 1 N–H and O–H groups in total. The van der Waals surface area contributed by atoms with Crippen LogP contribution in [0.5, 0.6) is 11.5 Å². The zero-order chi connectivity index (χ0) is 21.5. The van der Waals surface area contributed by atoms with Crippen molar-refractivity contribution in [1.82, 2.24) is 5.32 Å². The second-order valence-corrected chi connectivity index (χ2v) is 6.54. The van der Waals surface area contributed by atoms with Gasteiger partial charge in [0.2, 0.25) is 11.8 Å². The molecule has 1 fully saturated rings. The van der Waals surface area contributed by atoms with Gasteiger partial charge in [0.1, 0.15) is 18.2 Å². The maximum Gasteiger partial charge on any atom is 0.227 e. The van der Waals surface area contributed by atoms with Crippen molar-refractivity contribution < 1.29 is 27.8 Å². The summed E-state index contributed by atoms with van der Waals surface area (Å²) in [5.41, 5.74) is 0.709. The van der Waals surface area contributed by atoms with Crippen LogP contribution < -0.4 is 19.7 Å². The Balaban J connectivity index is 1.44. The Labute approximate surface area is 172 Å². The molecule has 1 saturated heterocycles. The average molecular weight is 414 g/mol. The van der Waals surface area contributed by atoms with Crippen molar-refractivity contribution in [1.29, 1.82) is 0 Å². The Morgan fingerprint density at radius 1 is 1.20 bits per heavy atom. The highest BCUT2D eigenvalue weighted by Gasteiger charge is 2.34. The first-order valence-electron chi connectivity index (χ1n) is 9.23. The molecule has 0 bridgehead atoms. The highest BCUT2D eigenvalue weighted by Crippen LogP contribution is 2.26. The lowest BCUT2D eigenvalue weighted by Gasteiger charge is -2.16. The minimum Gasteiger partial charge on any atom is -0.497 e. The molecule has 156 valence electrons. The number of nitrogens with zero attached hydrogens (tertiary/aromatic N) is 1. The molecule has 0 radical (unpaired) electrons. The van der Waals surface area contributed by atoms with Crippen LogP contribution in [0.25, 0.3) is 0 Å². The number of carbonyl (C=O) groups excluding carboxylic acids is 2. The molecule has 1 atom stereocenters. The summed E-state index contributed by atoms with van der Waals surface area (Å²) in [6.07, 6.45) is 0.123. The van der Waals surface area contributed by atoms with E-state index in [1.807, 2.05) is 0 Å². The van der Waals surface area contributed by atoms with Gasteiger partial charge in [-0.05, 0) is 36.4 Å².